The minimum atomic E-state index is -1.48. The molecule has 34 heavy (non-hydrogen) atoms. The van der Waals surface area contributed by atoms with E-state index >= 15 is 0 Å². The lowest BCUT2D eigenvalue weighted by molar-refractivity contribution is -0.126. The van der Waals surface area contributed by atoms with Gasteiger partial charge in [-0.2, -0.15) is 10.2 Å². The first-order valence-corrected chi connectivity index (χ1v) is 11.4. The van der Waals surface area contributed by atoms with Crippen molar-refractivity contribution in [2.45, 2.75) is 40.7 Å². The van der Waals surface area contributed by atoms with Gasteiger partial charge in [-0.05, 0) is 46.8 Å². The van der Waals surface area contributed by atoms with Gasteiger partial charge in [-0.25, -0.2) is 4.42 Å². The number of azo groups is 1. The van der Waals surface area contributed by atoms with E-state index in [1.165, 1.54) is 6.92 Å². The summed E-state index contributed by atoms with van der Waals surface area (Å²) in [6.07, 6.45) is 0. The molecule has 0 aliphatic heterocycles. The highest BCUT2D eigenvalue weighted by molar-refractivity contribution is 6.39. The van der Waals surface area contributed by atoms with E-state index in [9.17, 15) is 9.59 Å². The first-order valence-electron chi connectivity index (χ1n) is 11.1. The topological polar surface area (TPSA) is 99.0 Å². The Morgan fingerprint density at radius 1 is 0.882 bits per heavy atom. The second-order valence-corrected chi connectivity index (χ2v) is 7.18. The molecule has 9 nitrogen and oxygen atoms in total. The molecule has 0 radical (unpaired) electrons. The molecule has 0 bridgehead atoms. The molecule has 0 heterocycles. The van der Waals surface area contributed by atoms with E-state index in [4.69, 9.17) is 30.7 Å². The van der Waals surface area contributed by atoms with Crippen LogP contribution in [0.1, 0.15) is 34.6 Å². The molecule has 0 N–H and O–H groups in total. The lowest BCUT2D eigenvalue weighted by Gasteiger charge is -2.22. The van der Waals surface area contributed by atoms with Crippen molar-refractivity contribution in [3.05, 3.63) is 36.4 Å². The molecule has 0 saturated carbocycles. The third-order valence-electron chi connectivity index (χ3n) is 4.35. The Balaban J connectivity index is 2.40. The van der Waals surface area contributed by atoms with Crippen LogP contribution in [0.5, 0.6) is 23.0 Å². The van der Waals surface area contributed by atoms with Crippen LogP contribution in [0.3, 0.4) is 0 Å². The molecule has 0 fully saturated rings. The average molecular weight is 492 g/mol. The van der Waals surface area contributed by atoms with Gasteiger partial charge in [0.05, 0.1) is 32.1 Å². The highest BCUT2D eigenvalue weighted by Crippen LogP contribution is 2.40. The minimum Gasteiger partial charge on any atom is -0.494 e. The number of ketones is 1. The molecule has 0 spiro atoms. The summed E-state index contributed by atoms with van der Waals surface area (Å²) in [6.45, 7) is 10.1. The Hall–Kier alpha value is -3.33. The van der Waals surface area contributed by atoms with E-state index < -0.39 is 17.7 Å². The minimum absolute atomic E-state index is 0.191. The smallest absolute Gasteiger partial charge is 0.276 e. The van der Waals surface area contributed by atoms with Crippen LogP contribution in [0.4, 0.5) is 11.4 Å². The number of anilines is 1. The fourth-order valence-corrected chi connectivity index (χ4v) is 3.26. The Labute approximate surface area is 204 Å². The van der Waals surface area contributed by atoms with E-state index in [2.05, 4.69) is 10.2 Å². The fraction of sp³-hybridized carbons (Fsp3) is 0.417. The number of nitrogens with zero attached hydrogens (tertiary/aromatic N) is 3. The van der Waals surface area contributed by atoms with Crippen molar-refractivity contribution in [3.63, 3.8) is 0 Å². The third-order valence-corrected chi connectivity index (χ3v) is 4.68. The Bertz CT molecular complexity index is 966. The summed E-state index contributed by atoms with van der Waals surface area (Å²) in [5.41, 5.74) is 0.551. The van der Waals surface area contributed by atoms with Gasteiger partial charge >= 0.3 is 0 Å². The van der Waals surface area contributed by atoms with E-state index in [1.807, 2.05) is 13.8 Å². The predicted molar refractivity (Wildman–Crippen MR) is 130 cm³/mol. The number of Topliss-reactive ketones (excluding diaryl/α,β-unsaturated/α-hetero) is 1. The summed E-state index contributed by atoms with van der Waals surface area (Å²) >= 11 is 6.42. The molecule has 1 atom stereocenters. The van der Waals surface area contributed by atoms with Crippen LogP contribution in [0.25, 0.3) is 0 Å². The molecule has 0 saturated heterocycles. The van der Waals surface area contributed by atoms with Crippen molar-refractivity contribution < 1.29 is 28.5 Å². The number of carbonyl (C=O) groups is 2. The van der Waals surface area contributed by atoms with E-state index in [0.717, 1.165) is 4.42 Å². The molecular formula is C24H30ClN3O6. The molecule has 10 heteroatoms. The van der Waals surface area contributed by atoms with Crippen LogP contribution < -0.4 is 23.4 Å². The largest absolute Gasteiger partial charge is 0.494 e. The van der Waals surface area contributed by atoms with Gasteiger partial charge in [0.15, 0.2) is 5.78 Å². The summed E-state index contributed by atoms with van der Waals surface area (Å²) in [5.74, 6) is 0.399. The second kappa shape index (κ2) is 13.4. The fourth-order valence-electron chi connectivity index (χ4n) is 3.00. The number of benzene rings is 2. The Morgan fingerprint density at radius 3 is 1.82 bits per heavy atom. The lowest BCUT2D eigenvalue weighted by atomic mass is 10.2. The average Bonchev–Trinajstić information content (AvgIpc) is 2.79. The van der Waals surface area contributed by atoms with E-state index in [-0.39, 0.29) is 5.69 Å². The van der Waals surface area contributed by atoms with Gasteiger partial charge in [-0.3, -0.25) is 9.59 Å². The number of para-hydroxylation sites is 1. The molecule has 0 aromatic heterocycles. The molecule has 2 rings (SSSR count). The number of amides is 1. The predicted octanol–water partition coefficient (Wildman–Crippen LogP) is 5.51. The number of halogens is 1. The molecule has 0 aliphatic rings. The van der Waals surface area contributed by atoms with Crippen molar-refractivity contribution in [2.24, 2.45) is 10.2 Å². The van der Waals surface area contributed by atoms with Crippen molar-refractivity contribution in [1.29, 1.82) is 0 Å². The first-order chi connectivity index (χ1) is 16.4. The van der Waals surface area contributed by atoms with Gasteiger partial charge in [-0.15, -0.1) is 0 Å². The number of hydrogen-bond donors (Lipinski definition) is 0. The lowest BCUT2D eigenvalue weighted by Crippen LogP contribution is -2.36. The van der Waals surface area contributed by atoms with Gasteiger partial charge < -0.3 is 18.9 Å². The van der Waals surface area contributed by atoms with Crippen molar-refractivity contribution in [3.8, 4) is 23.0 Å². The number of carbonyl (C=O) groups excluding carboxylic acids is 2. The first kappa shape index (κ1) is 26.9. The summed E-state index contributed by atoms with van der Waals surface area (Å²) < 4.78 is 23.1. The zero-order valence-corrected chi connectivity index (χ0v) is 20.8. The van der Waals surface area contributed by atoms with Crippen LogP contribution in [0.2, 0.25) is 0 Å². The highest BCUT2D eigenvalue weighted by Gasteiger charge is 2.32. The monoisotopic (exact) mass is 491 g/mol. The third kappa shape index (κ3) is 7.08. The van der Waals surface area contributed by atoms with Gasteiger partial charge in [0.25, 0.3) is 5.91 Å². The SMILES string of the molecule is CCOc1cc(N=NC(C(C)=O)C(=O)N(Cl)c2c(OCC)cccc2OCC)cc(OCC)c1. The number of rotatable bonds is 13. The quantitative estimate of drug-likeness (QED) is 0.208. The summed E-state index contributed by atoms with van der Waals surface area (Å²) in [5, 5.41) is 8.10. The van der Waals surface area contributed by atoms with Crippen molar-refractivity contribution in [2.75, 3.05) is 30.8 Å². The molecule has 1 unspecified atom stereocenters. The molecule has 2 aromatic rings. The van der Waals surface area contributed by atoms with E-state index in [0.29, 0.717) is 55.1 Å². The normalized spacial score (nSPS) is 11.7. The molecule has 0 aliphatic carbocycles. The number of hydrogen-bond acceptors (Lipinski definition) is 8. The standard InChI is InChI=1S/C24H30ClN3O6/c1-6-31-18-13-17(14-19(15-18)32-7-2)26-27-22(16(5)29)24(30)28(25)23-20(33-8-3)11-10-12-21(23)34-9-4/h10-15,22H,6-9H2,1-5H3. The molecule has 184 valence electrons. The highest BCUT2D eigenvalue weighted by atomic mass is 35.5. The Kier molecular flexibility index (Phi) is 10.6. The summed E-state index contributed by atoms with van der Waals surface area (Å²) in [7, 11) is 0. The van der Waals surface area contributed by atoms with Crippen LogP contribution >= 0.6 is 11.8 Å². The summed E-state index contributed by atoms with van der Waals surface area (Å²) in [6, 6.07) is 8.54. The van der Waals surface area contributed by atoms with Crippen LogP contribution in [-0.4, -0.2) is 44.2 Å². The van der Waals surface area contributed by atoms with E-state index in [1.54, 1.807) is 50.2 Å². The molecule has 1 amide bonds. The molecule has 2 aromatic carbocycles. The summed E-state index contributed by atoms with van der Waals surface area (Å²) in [4.78, 5) is 25.5. The van der Waals surface area contributed by atoms with Gasteiger partial charge in [0.1, 0.15) is 28.7 Å². The van der Waals surface area contributed by atoms with Crippen molar-refractivity contribution in [1.82, 2.24) is 0 Å². The zero-order valence-electron chi connectivity index (χ0n) is 20.0. The maximum Gasteiger partial charge on any atom is 0.276 e. The van der Waals surface area contributed by atoms with Crippen LogP contribution in [0.15, 0.2) is 46.6 Å². The van der Waals surface area contributed by atoms with Crippen molar-refractivity contribution >= 4 is 34.8 Å². The Morgan fingerprint density at radius 2 is 1.38 bits per heavy atom. The van der Waals surface area contributed by atoms with Gasteiger partial charge in [0.2, 0.25) is 6.04 Å². The van der Waals surface area contributed by atoms with Crippen LogP contribution in [-0.2, 0) is 9.59 Å². The number of ether oxygens (including phenoxy) is 4. The zero-order chi connectivity index (χ0) is 25.1. The van der Waals surface area contributed by atoms with Crippen LogP contribution in [0, 0.1) is 0 Å². The maximum absolute atomic E-state index is 13.2. The van der Waals surface area contributed by atoms with Gasteiger partial charge in [-0.1, -0.05) is 6.07 Å². The second-order valence-electron chi connectivity index (χ2n) is 6.85. The maximum atomic E-state index is 13.2. The van der Waals surface area contributed by atoms with Gasteiger partial charge in [0, 0.05) is 30.0 Å². The molecular weight excluding hydrogens is 462 g/mol.